The number of benzene rings is 2. The summed E-state index contributed by atoms with van der Waals surface area (Å²) in [6, 6.07) is 13.1. The van der Waals surface area contributed by atoms with Gasteiger partial charge in [-0.3, -0.25) is 0 Å². The molecule has 3 aromatic rings. The van der Waals surface area contributed by atoms with Crippen LogP contribution in [0.4, 0.5) is 10.4 Å². The first-order valence-corrected chi connectivity index (χ1v) is 6.47. The molecule has 0 aliphatic heterocycles. The number of hydrogen-bond acceptors (Lipinski definition) is 4. The summed E-state index contributed by atoms with van der Waals surface area (Å²) in [6.45, 7) is 0. The zero-order valence-electron chi connectivity index (χ0n) is 10.7. The second-order valence-corrected chi connectivity index (χ2v) is 4.64. The van der Waals surface area contributed by atoms with E-state index >= 15 is 0 Å². The molecule has 3 rings (SSSR count). The van der Waals surface area contributed by atoms with Gasteiger partial charge in [-0.2, -0.15) is 0 Å². The molecule has 0 radical (unpaired) electrons. The lowest BCUT2D eigenvalue weighted by atomic mass is 10.2. The number of nitrogens with zero attached hydrogens (tertiary/aromatic N) is 3. The Bertz CT molecular complexity index is 766. The van der Waals surface area contributed by atoms with E-state index in [1.807, 2.05) is 0 Å². The minimum Gasteiger partial charge on any atom is -0.402 e. The summed E-state index contributed by atoms with van der Waals surface area (Å²) < 4.78 is 18.2. The average Bonchev–Trinajstić information content (AvgIpc) is 2.96. The normalized spacial score (nSPS) is 11.1. The highest BCUT2D eigenvalue weighted by molar-refractivity contribution is 6.30. The van der Waals surface area contributed by atoms with Gasteiger partial charge in [0.25, 0.3) is 0 Å². The quantitative estimate of drug-likeness (QED) is 0.678. The van der Waals surface area contributed by atoms with Gasteiger partial charge in [0.2, 0.25) is 5.89 Å². The Balaban J connectivity index is 1.78. The van der Waals surface area contributed by atoms with Crippen molar-refractivity contribution in [3.05, 3.63) is 64.9 Å². The van der Waals surface area contributed by atoms with Gasteiger partial charge >= 0.3 is 6.01 Å². The highest BCUT2D eigenvalue weighted by Gasteiger charge is 2.07. The molecular formula is C15H9ClFN3O. The topological polar surface area (TPSA) is 51.3 Å². The van der Waals surface area contributed by atoms with Crippen LogP contribution < -0.4 is 0 Å². The summed E-state index contributed by atoms with van der Waals surface area (Å²) in [4.78, 5) is 4.06. The van der Waals surface area contributed by atoms with Crippen molar-refractivity contribution in [2.45, 2.75) is 0 Å². The van der Waals surface area contributed by atoms with E-state index in [9.17, 15) is 4.39 Å². The SMILES string of the molecule is Fc1ccc(/C=N/c2nnc(-c3ccc(Cl)cc3)o2)cc1. The second-order valence-electron chi connectivity index (χ2n) is 4.21. The Hall–Kier alpha value is -2.53. The summed E-state index contributed by atoms with van der Waals surface area (Å²) in [5, 5.41) is 8.37. The van der Waals surface area contributed by atoms with Crippen molar-refractivity contribution in [3.63, 3.8) is 0 Å². The molecule has 0 unspecified atom stereocenters. The van der Waals surface area contributed by atoms with Crippen LogP contribution in [0.25, 0.3) is 11.5 Å². The fourth-order valence-electron chi connectivity index (χ4n) is 1.66. The first-order valence-electron chi connectivity index (χ1n) is 6.10. The molecule has 0 amide bonds. The summed E-state index contributed by atoms with van der Waals surface area (Å²) in [5.41, 5.74) is 1.50. The third kappa shape index (κ3) is 3.32. The van der Waals surface area contributed by atoms with E-state index in [4.69, 9.17) is 16.0 Å². The lowest BCUT2D eigenvalue weighted by Gasteiger charge is -1.93. The molecule has 0 N–H and O–H groups in total. The maximum atomic E-state index is 12.8. The summed E-state index contributed by atoms with van der Waals surface area (Å²) >= 11 is 5.82. The van der Waals surface area contributed by atoms with Crippen molar-refractivity contribution in [2.24, 2.45) is 4.99 Å². The number of aromatic nitrogens is 2. The molecule has 0 atom stereocenters. The van der Waals surface area contributed by atoms with Crippen LogP contribution in [0.1, 0.15) is 5.56 Å². The van der Waals surface area contributed by atoms with E-state index < -0.39 is 0 Å². The number of rotatable bonds is 3. The molecule has 0 bridgehead atoms. The number of aliphatic imine (C=N–C) groups is 1. The van der Waals surface area contributed by atoms with Crippen LogP contribution in [0.2, 0.25) is 5.02 Å². The predicted molar refractivity (Wildman–Crippen MR) is 78.4 cm³/mol. The molecule has 6 heteroatoms. The van der Waals surface area contributed by atoms with Crippen molar-refractivity contribution < 1.29 is 8.81 Å². The predicted octanol–water partition coefficient (Wildman–Crippen LogP) is 4.28. The third-order valence-corrected chi connectivity index (χ3v) is 2.95. The highest BCUT2D eigenvalue weighted by atomic mass is 35.5. The molecule has 1 heterocycles. The van der Waals surface area contributed by atoms with Gasteiger partial charge in [0.1, 0.15) is 5.82 Å². The minimum absolute atomic E-state index is 0.129. The molecule has 2 aromatic carbocycles. The first kappa shape index (κ1) is 13.5. The second kappa shape index (κ2) is 5.85. The van der Waals surface area contributed by atoms with Crippen LogP contribution in [-0.2, 0) is 0 Å². The molecule has 0 aliphatic rings. The molecule has 0 saturated carbocycles. The molecule has 0 spiro atoms. The van der Waals surface area contributed by atoms with Gasteiger partial charge in [0.15, 0.2) is 0 Å². The van der Waals surface area contributed by atoms with Crippen LogP contribution in [0, 0.1) is 5.82 Å². The van der Waals surface area contributed by atoms with Crippen molar-refractivity contribution in [1.29, 1.82) is 0 Å². The Labute approximate surface area is 124 Å². The molecule has 0 fully saturated rings. The summed E-state index contributed by atoms with van der Waals surface area (Å²) in [5.74, 6) is 0.0629. The van der Waals surface area contributed by atoms with Crippen molar-refractivity contribution in [1.82, 2.24) is 10.2 Å². The van der Waals surface area contributed by atoms with E-state index in [1.165, 1.54) is 18.3 Å². The zero-order valence-corrected chi connectivity index (χ0v) is 11.5. The Morgan fingerprint density at radius 1 is 1.00 bits per heavy atom. The van der Waals surface area contributed by atoms with E-state index in [1.54, 1.807) is 36.4 Å². The molecule has 4 nitrogen and oxygen atoms in total. The molecule has 104 valence electrons. The van der Waals surface area contributed by atoms with Crippen molar-refractivity contribution >= 4 is 23.8 Å². The monoisotopic (exact) mass is 301 g/mol. The van der Waals surface area contributed by atoms with Gasteiger partial charge in [-0.25, -0.2) is 9.38 Å². The van der Waals surface area contributed by atoms with E-state index in [0.29, 0.717) is 10.9 Å². The fourth-order valence-corrected chi connectivity index (χ4v) is 1.78. The largest absolute Gasteiger partial charge is 0.402 e. The molecule has 0 aliphatic carbocycles. The molecule has 1 aromatic heterocycles. The zero-order chi connectivity index (χ0) is 14.7. The van der Waals surface area contributed by atoms with Gasteiger partial charge in [-0.05, 0) is 42.0 Å². The van der Waals surface area contributed by atoms with Gasteiger partial charge in [-0.1, -0.05) is 28.8 Å². The Morgan fingerprint density at radius 2 is 1.71 bits per heavy atom. The van der Waals surface area contributed by atoms with Crippen molar-refractivity contribution in [2.75, 3.05) is 0 Å². The molecule has 21 heavy (non-hydrogen) atoms. The van der Waals surface area contributed by atoms with Crippen LogP contribution in [-0.4, -0.2) is 16.4 Å². The average molecular weight is 302 g/mol. The van der Waals surface area contributed by atoms with Gasteiger partial charge < -0.3 is 4.42 Å². The Morgan fingerprint density at radius 3 is 2.43 bits per heavy atom. The van der Waals surface area contributed by atoms with E-state index in [0.717, 1.165) is 11.1 Å². The molecule has 0 saturated heterocycles. The van der Waals surface area contributed by atoms with Gasteiger partial charge in [0.05, 0.1) is 0 Å². The van der Waals surface area contributed by atoms with Crippen LogP contribution in [0.15, 0.2) is 57.9 Å². The van der Waals surface area contributed by atoms with Crippen molar-refractivity contribution in [3.8, 4) is 11.5 Å². The van der Waals surface area contributed by atoms with Crippen LogP contribution in [0.3, 0.4) is 0 Å². The van der Waals surface area contributed by atoms with Crippen LogP contribution >= 0.6 is 11.6 Å². The lowest BCUT2D eigenvalue weighted by molar-refractivity contribution is 0.580. The van der Waals surface area contributed by atoms with Crippen LogP contribution in [0.5, 0.6) is 0 Å². The number of hydrogen-bond donors (Lipinski definition) is 0. The third-order valence-electron chi connectivity index (χ3n) is 2.70. The smallest absolute Gasteiger partial charge is 0.342 e. The lowest BCUT2D eigenvalue weighted by Crippen LogP contribution is -1.80. The first-order chi connectivity index (χ1) is 10.2. The van der Waals surface area contributed by atoms with Gasteiger partial charge in [0, 0.05) is 16.8 Å². The minimum atomic E-state index is -0.296. The highest BCUT2D eigenvalue weighted by Crippen LogP contribution is 2.22. The maximum Gasteiger partial charge on any atom is 0.342 e. The summed E-state index contributed by atoms with van der Waals surface area (Å²) in [6.07, 6.45) is 1.53. The Kier molecular flexibility index (Phi) is 3.75. The van der Waals surface area contributed by atoms with Gasteiger partial charge in [-0.15, -0.1) is 5.10 Å². The maximum absolute atomic E-state index is 12.8. The molecular weight excluding hydrogens is 293 g/mol. The summed E-state index contributed by atoms with van der Waals surface area (Å²) in [7, 11) is 0. The van der Waals surface area contributed by atoms with E-state index in [-0.39, 0.29) is 11.8 Å². The fraction of sp³-hybridized carbons (Fsp3) is 0. The number of halogens is 2. The standard InChI is InChI=1S/C15H9ClFN3O/c16-12-5-3-11(4-6-12)14-19-20-15(21-14)18-9-10-1-7-13(17)8-2-10/h1-9H/b18-9+. The van der Waals surface area contributed by atoms with E-state index in [2.05, 4.69) is 15.2 Å².